The molecule has 0 spiro atoms. The highest BCUT2D eigenvalue weighted by atomic mass is 16.1. The van der Waals surface area contributed by atoms with Gasteiger partial charge in [0.1, 0.15) is 0 Å². The van der Waals surface area contributed by atoms with Gasteiger partial charge in [0.05, 0.1) is 6.04 Å². The fraction of sp³-hybridized carbons (Fsp3) is 0.289. The van der Waals surface area contributed by atoms with E-state index in [0.717, 1.165) is 53.6 Å². The average Bonchev–Trinajstić information content (AvgIpc) is 2.96. The van der Waals surface area contributed by atoms with Crippen LogP contribution in [0.3, 0.4) is 0 Å². The third kappa shape index (κ3) is 7.16. The van der Waals surface area contributed by atoms with Gasteiger partial charge in [-0.05, 0) is 90.8 Å². The van der Waals surface area contributed by atoms with Crippen molar-refractivity contribution < 1.29 is 4.79 Å². The first-order valence-corrected chi connectivity index (χ1v) is 14.8. The third-order valence-corrected chi connectivity index (χ3v) is 7.90. The summed E-state index contributed by atoms with van der Waals surface area (Å²) in [6, 6.07) is 23.4. The molecule has 0 saturated heterocycles. The Morgan fingerprint density at radius 1 is 0.854 bits per heavy atom. The van der Waals surface area contributed by atoms with E-state index < -0.39 is 0 Å². The van der Waals surface area contributed by atoms with Crippen LogP contribution < -0.4 is 5.32 Å². The van der Waals surface area contributed by atoms with Crippen molar-refractivity contribution in [3.05, 3.63) is 142 Å². The molecular formula is C38H44N2O. The number of likely N-dealkylation sites (N-methyl/N-ethyl adjacent to an activating group) is 1. The van der Waals surface area contributed by atoms with Crippen molar-refractivity contribution in [2.75, 3.05) is 7.05 Å². The predicted molar refractivity (Wildman–Crippen MR) is 175 cm³/mol. The summed E-state index contributed by atoms with van der Waals surface area (Å²) in [6.07, 6.45) is 10.6. The topological polar surface area (TPSA) is 32.3 Å². The average molecular weight is 545 g/mol. The molecular weight excluding hydrogens is 500 g/mol. The molecule has 212 valence electrons. The summed E-state index contributed by atoms with van der Waals surface area (Å²) >= 11 is 0. The molecule has 3 aromatic carbocycles. The number of amides is 1. The van der Waals surface area contributed by atoms with Gasteiger partial charge in [-0.2, -0.15) is 0 Å². The second-order valence-corrected chi connectivity index (χ2v) is 11.2. The van der Waals surface area contributed by atoms with Crippen LogP contribution in [-0.2, 0) is 0 Å². The largest absolute Gasteiger partial charge is 0.351 e. The number of rotatable bonds is 10. The van der Waals surface area contributed by atoms with Gasteiger partial charge < -0.3 is 10.2 Å². The SMILES string of the molecule is C=C1C=CC(c2cc(C(=O)NC(C)c3ccc(C(=C(CCC)CCC)c4ccc(C)cc4)cc3)ccc2C)=CN1C. The summed E-state index contributed by atoms with van der Waals surface area (Å²) in [5.74, 6) is -0.0746. The molecule has 1 atom stereocenters. The maximum atomic E-state index is 13.3. The lowest BCUT2D eigenvalue weighted by molar-refractivity contribution is 0.0940. The van der Waals surface area contributed by atoms with E-state index in [-0.39, 0.29) is 11.9 Å². The van der Waals surface area contributed by atoms with Crippen LogP contribution in [0.1, 0.15) is 96.2 Å². The standard InChI is InChI=1S/C38H44N2O/c1-8-10-31(11-9-2)37(32-16-12-26(3)13-17-32)33-22-20-30(21-23-33)29(6)39-38(41)34-18-14-27(4)36(24-34)35-19-15-28(5)40(7)25-35/h12-25,29H,5,8-11H2,1-4,6-7H3,(H,39,41). The van der Waals surface area contributed by atoms with Gasteiger partial charge >= 0.3 is 0 Å². The van der Waals surface area contributed by atoms with Gasteiger partial charge in [0.2, 0.25) is 0 Å². The molecule has 0 bridgehead atoms. The number of aryl methyl sites for hydroxylation is 2. The molecule has 1 aliphatic rings. The molecule has 1 N–H and O–H groups in total. The van der Waals surface area contributed by atoms with Gasteiger partial charge in [0.15, 0.2) is 0 Å². The molecule has 1 unspecified atom stereocenters. The zero-order chi connectivity index (χ0) is 29.5. The number of hydrogen-bond acceptors (Lipinski definition) is 2. The second-order valence-electron chi connectivity index (χ2n) is 11.2. The van der Waals surface area contributed by atoms with Gasteiger partial charge in [0.25, 0.3) is 5.91 Å². The van der Waals surface area contributed by atoms with E-state index in [9.17, 15) is 4.79 Å². The highest BCUT2D eigenvalue weighted by molar-refractivity contribution is 5.96. The van der Waals surface area contributed by atoms with Crippen molar-refractivity contribution in [2.24, 2.45) is 0 Å². The third-order valence-electron chi connectivity index (χ3n) is 7.90. The van der Waals surface area contributed by atoms with E-state index in [1.54, 1.807) is 0 Å². The van der Waals surface area contributed by atoms with Crippen LogP contribution in [0.2, 0.25) is 0 Å². The van der Waals surface area contributed by atoms with Gasteiger partial charge in [-0.1, -0.05) is 105 Å². The van der Waals surface area contributed by atoms with Crippen molar-refractivity contribution in [1.82, 2.24) is 10.2 Å². The number of nitrogens with one attached hydrogen (secondary N) is 1. The molecule has 3 nitrogen and oxygen atoms in total. The van der Waals surface area contributed by atoms with Crippen LogP contribution >= 0.6 is 0 Å². The number of hydrogen-bond donors (Lipinski definition) is 1. The van der Waals surface area contributed by atoms with Crippen molar-refractivity contribution in [3.8, 4) is 0 Å². The number of nitrogens with zero attached hydrogens (tertiary/aromatic N) is 1. The van der Waals surface area contributed by atoms with Crippen LogP contribution in [0.5, 0.6) is 0 Å². The van der Waals surface area contributed by atoms with E-state index in [4.69, 9.17) is 0 Å². The Balaban J connectivity index is 1.56. The first kappa shape index (κ1) is 29.9. The maximum Gasteiger partial charge on any atom is 0.251 e. The highest BCUT2D eigenvalue weighted by Gasteiger charge is 2.17. The van der Waals surface area contributed by atoms with E-state index in [1.807, 2.05) is 43.1 Å². The van der Waals surface area contributed by atoms with E-state index in [0.29, 0.717) is 5.56 Å². The molecule has 0 aromatic heterocycles. The molecule has 41 heavy (non-hydrogen) atoms. The number of allylic oxidation sites excluding steroid dienone is 4. The molecule has 0 saturated carbocycles. The van der Waals surface area contributed by atoms with Crippen LogP contribution in [0, 0.1) is 13.8 Å². The Labute approximate surface area is 247 Å². The Morgan fingerprint density at radius 2 is 1.44 bits per heavy atom. The Bertz CT molecular complexity index is 1480. The molecule has 0 radical (unpaired) electrons. The van der Waals surface area contributed by atoms with Crippen LogP contribution in [-0.4, -0.2) is 17.9 Å². The Morgan fingerprint density at radius 3 is 2.02 bits per heavy atom. The van der Waals surface area contributed by atoms with Crippen molar-refractivity contribution >= 4 is 17.1 Å². The predicted octanol–water partition coefficient (Wildman–Crippen LogP) is 9.55. The summed E-state index contributed by atoms with van der Waals surface area (Å²) in [5, 5.41) is 3.21. The summed E-state index contributed by atoms with van der Waals surface area (Å²) < 4.78 is 0. The van der Waals surface area contributed by atoms with Gasteiger partial charge in [0, 0.05) is 24.5 Å². The van der Waals surface area contributed by atoms with Crippen molar-refractivity contribution in [2.45, 2.75) is 66.3 Å². The molecule has 1 aliphatic heterocycles. The zero-order valence-electron chi connectivity index (χ0n) is 25.6. The summed E-state index contributed by atoms with van der Waals surface area (Å²) in [6.45, 7) is 14.8. The molecule has 0 fully saturated rings. The van der Waals surface area contributed by atoms with Crippen molar-refractivity contribution in [1.29, 1.82) is 0 Å². The van der Waals surface area contributed by atoms with Gasteiger partial charge in [-0.3, -0.25) is 4.79 Å². The van der Waals surface area contributed by atoms with E-state index >= 15 is 0 Å². The van der Waals surface area contributed by atoms with E-state index in [1.165, 1.54) is 27.8 Å². The highest BCUT2D eigenvalue weighted by Crippen LogP contribution is 2.33. The fourth-order valence-corrected chi connectivity index (χ4v) is 5.45. The van der Waals surface area contributed by atoms with E-state index in [2.05, 4.69) is 100 Å². The zero-order valence-corrected chi connectivity index (χ0v) is 25.6. The lowest BCUT2D eigenvalue weighted by Crippen LogP contribution is -2.26. The minimum Gasteiger partial charge on any atom is -0.351 e. The Kier molecular flexibility index (Phi) is 9.83. The number of carbonyl (C=O) groups excluding carboxylic acids is 1. The molecule has 1 amide bonds. The molecule has 3 heteroatoms. The minimum absolute atomic E-state index is 0.0746. The quantitative estimate of drug-likeness (QED) is 0.276. The molecule has 4 rings (SSSR count). The van der Waals surface area contributed by atoms with Crippen molar-refractivity contribution in [3.63, 3.8) is 0 Å². The van der Waals surface area contributed by atoms with Crippen LogP contribution in [0.25, 0.3) is 11.1 Å². The summed E-state index contributed by atoms with van der Waals surface area (Å²) in [7, 11) is 1.98. The summed E-state index contributed by atoms with van der Waals surface area (Å²) in [5.41, 5.74) is 12.6. The molecule has 3 aromatic rings. The minimum atomic E-state index is -0.123. The molecule has 0 aliphatic carbocycles. The fourth-order valence-electron chi connectivity index (χ4n) is 5.45. The Hall–Kier alpha value is -4.11. The van der Waals surface area contributed by atoms with Gasteiger partial charge in [-0.15, -0.1) is 0 Å². The first-order chi connectivity index (χ1) is 19.7. The van der Waals surface area contributed by atoms with Crippen LogP contribution in [0.15, 0.2) is 103 Å². The second kappa shape index (κ2) is 13.5. The van der Waals surface area contributed by atoms with Gasteiger partial charge in [-0.25, -0.2) is 0 Å². The lowest BCUT2D eigenvalue weighted by Gasteiger charge is -2.22. The first-order valence-electron chi connectivity index (χ1n) is 14.8. The lowest BCUT2D eigenvalue weighted by atomic mass is 9.88. The number of benzene rings is 3. The normalized spacial score (nSPS) is 13.6. The molecule has 1 heterocycles. The number of carbonyl (C=O) groups is 1. The smallest absolute Gasteiger partial charge is 0.251 e. The summed E-state index contributed by atoms with van der Waals surface area (Å²) in [4.78, 5) is 15.3. The van der Waals surface area contributed by atoms with Crippen LogP contribution in [0.4, 0.5) is 0 Å². The monoisotopic (exact) mass is 544 g/mol. The maximum absolute atomic E-state index is 13.3.